The van der Waals surface area contributed by atoms with Crippen molar-refractivity contribution in [2.75, 3.05) is 0 Å². The van der Waals surface area contributed by atoms with Crippen LogP contribution in [-0.2, 0) is 6.42 Å². The molecule has 6 nitrogen and oxygen atoms in total. The van der Waals surface area contributed by atoms with Gasteiger partial charge in [-0.05, 0) is 66.1 Å². The topological polar surface area (TPSA) is 92.5 Å². The maximum Gasteiger partial charge on any atom is 0.231 e. The van der Waals surface area contributed by atoms with E-state index in [-0.39, 0.29) is 11.5 Å². The fourth-order valence-electron chi connectivity index (χ4n) is 3.94. The number of rotatable bonds is 4. The zero-order valence-electron chi connectivity index (χ0n) is 17.4. The molecule has 2 N–H and O–H groups in total. The Hall–Kier alpha value is -4.58. The first-order valence-corrected chi connectivity index (χ1v) is 10.5. The van der Waals surface area contributed by atoms with Gasteiger partial charge in [0.25, 0.3) is 0 Å². The SMILES string of the molecule is Oc1ccc(Cc2ccc(O)c(-c3nc4ccccc4o3)c2)cc1-c1nc2ccccc2o1. The van der Waals surface area contributed by atoms with Gasteiger partial charge in [0.15, 0.2) is 11.2 Å². The molecule has 0 saturated heterocycles. The molecule has 33 heavy (non-hydrogen) atoms. The van der Waals surface area contributed by atoms with Crippen LogP contribution in [0.25, 0.3) is 45.1 Å². The first-order valence-electron chi connectivity index (χ1n) is 10.5. The van der Waals surface area contributed by atoms with Crippen molar-refractivity contribution in [2.24, 2.45) is 0 Å². The molecule has 0 saturated carbocycles. The molecule has 2 aromatic heterocycles. The molecule has 0 spiro atoms. The van der Waals surface area contributed by atoms with Crippen molar-refractivity contribution in [3.63, 3.8) is 0 Å². The van der Waals surface area contributed by atoms with Crippen LogP contribution in [0.3, 0.4) is 0 Å². The summed E-state index contributed by atoms with van der Waals surface area (Å²) in [5, 5.41) is 20.8. The van der Waals surface area contributed by atoms with Crippen LogP contribution < -0.4 is 0 Å². The van der Waals surface area contributed by atoms with Gasteiger partial charge in [-0.15, -0.1) is 0 Å². The minimum absolute atomic E-state index is 0.100. The molecule has 6 rings (SSSR count). The van der Waals surface area contributed by atoms with Gasteiger partial charge >= 0.3 is 0 Å². The van der Waals surface area contributed by atoms with Gasteiger partial charge in [-0.2, -0.15) is 0 Å². The molecule has 0 aliphatic heterocycles. The van der Waals surface area contributed by atoms with Crippen LogP contribution in [0.2, 0.25) is 0 Å². The molecule has 0 bridgehead atoms. The minimum Gasteiger partial charge on any atom is -0.507 e. The Kier molecular flexibility index (Phi) is 4.36. The van der Waals surface area contributed by atoms with Crippen molar-refractivity contribution >= 4 is 22.2 Å². The smallest absolute Gasteiger partial charge is 0.231 e. The Morgan fingerprint density at radius 2 is 1.03 bits per heavy atom. The van der Waals surface area contributed by atoms with Crippen molar-refractivity contribution in [3.8, 4) is 34.4 Å². The second-order valence-corrected chi connectivity index (χ2v) is 7.85. The molecule has 160 valence electrons. The number of phenols is 2. The van der Waals surface area contributed by atoms with Gasteiger partial charge < -0.3 is 19.0 Å². The van der Waals surface area contributed by atoms with Crippen LogP contribution in [0.5, 0.6) is 11.5 Å². The molecule has 0 unspecified atom stereocenters. The molecule has 0 aliphatic carbocycles. The summed E-state index contributed by atoms with van der Waals surface area (Å²) in [6.07, 6.45) is 0.570. The van der Waals surface area contributed by atoms with Crippen molar-refractivity contribution in [1.29, 1.82) is 0 Å². The first kappa shape index (κ1) is 19.1. The predicted molar refractivity (Wildman–Crippen MR) is 125 cm³/mol. The molecule has 0 radical (unpaired) electrons. The number of aromatic hydroxyl groups is 2. The van der Waals surface area contributed by atoms with Gasteiger partial charge in [-0.25, -0.2) is 9.97 Å². The Labute approximate surface area is 188 Å². The van der Waals surface area contributed by atoms with Gasteiger partial charge in [0, 0.05) is 0 Å². The monoisotopic (exact) mass is 434 g/mol. The summed E-state index contributed by atoms with van der Waals surface area (Å²) in [6, 6.07) is 25.7. The summed E-state index contributed by atoms with van der Waals surface area (Å²) in [6.45, 7) is 0. The standard InChI is InChI=1S/C27H18N2O4/c30-22-11-9-16(14-18(22)26-28-20-5-1-3-7-24(20)32-26)13-17-10-12-23(31)19(15-17)27-29-21-6-2-4-8-25(21)33-27/h1-12,14-15,30-31H,13H2. The second kappa shape index (κ2) is 7.53. The molecule has 2 heterocycles. The second-order valence-electron chi connectivity index (χ2n) is 7.85. The maximum atomic E-state index is 10.4. The van der Waals surface area contributed by atoms with E-state index in [0.29, 0.717) is 40.5 Å². The third-order valence-corrected chi connectivity index (χ3v) is 5.58. The molecular weight excluding hydrogens is 416 g/mol. The zero-order valence-corrected chi connectivity index (χ0v) is 17.4. The van der Waals surface area contributed by atoms with Crippen LogP contribution in [0.4, 0.5) is 0 Å². The van der Waals surface area contributed by atoms with Gasteiger partial charge in [0.05, 0.1) is 11.1 Å². The van der Waals surface area contributed by atoms with Gasteiger partial charge in [-0.3, -0.25) is 0 Å². The van der Waals surface area contributed by atoms with Crippen LogP contribution in [0.1, 0.15) is 11.1 Å². The van der Waals surface area contributed by atoms with Crippen LogP contribution >= 0.6 is 0 Å². The van der Waals surface area contributed by atoms with E-state index >= 15 is 0 Å². The number of hydrogen-bond donors (Lipinski definition) is 2. The maximum absolute atomic E-state index is 10.4. The molecule has 6 heteroatoms. The number of aromatic nitrogens is 2. The molecule has 6 aromatic rings. The quantitative estimate of drug-likeness (QED) is 0.338. The van der Waals surface area contributed by atoms with E-state index < -0.39 is 0 Å². The number of nitrogens with zero attached hydrogens (tertiary/aromatic N) is 2. The summed E-state index contributed by atoms with van der Waals surface area (Å²) < 4.78 is 11.7. The third-order valence-electron chi connectivity index (χ3n) is 5.58. The Morgan fingerprint density at radius 1 is 0.576 bits per heavy atom. The molecule has 0 amide bonds. The largest absolute Gasteiger partial charge is 0.507 e. The Morgan fingerprint density at radius 3 is 1.48 bits per heavy atom. The highest BCUT2D eigenvalue weighted by molar-refractivity contribution is 5.78. The van der Waals surface area contributed by atoms with E-state index in [1.165, 1.54) is 0 Å². The Balaban J connectivity index is 1.35. The van der Waals surface area contributed by atoms with Crippen molar-refractivity contribution in [1.82, 2.24) is 9.97 Å². The van der Waals surface area contributed by atoms with Gasteiger partial charge in [0.1, 0.15) is 22.5 Å². The summed E-state index contributed by atoms with van der Waals surface area (Å²) in [7, 11) is 0. The van der Waals surface area contributed by atoms with E-state index in [0.717, 1.165) is 22.2 Å². The lowest BCUT2D eigenvalue weighted by Gasteiger charge is -2.08. The normalized spacial score (nSPS) is 11.4. The molecule has 0 aliphatic rings. The highest BCUT2D eigenvalue weighted by Gasteiger charge is 2.15. The number of phenolic OH excluding ortho intramolecular Hbond substituents is 2. The van der Waals surface area contributed by atoms with E-state index in [2.05, 4.69) is 9.97 Å². The van der Waals surface area contributed by atoms with Gasteiger partial charge in [-0.1, -0.05) is 36.4 Å². The van der Waals surface area contributed by atoms with Gasteiger partial charge in [0.2, 0.25) is 11.8 Å². The minimum atomic E-state index is 0.100. The molecule has 0 atom stereocenters. The predicted octanol–water partition coefficient (Wildman–Crippen LogP) is 6.31. The van der Waals surface area contributed by atoms with Crippen LogP contribution in [0.15, 0.2) is 93.8 Å². The summed E-state index contributed by atoms with van der Waals surface area (Å²) in [4.78, 5) is 9.00. The lowest BCUT2D eigenvalue weighted by molar-refractivity contribution is 0.473. The van der Waals surface area contributed by atoms with E-state index in [9.17, 15) is 10.2 Å². The van der Waals surface area contributed by atoms with E-state index in [4.69, 9.17) is 8.83 Å². The summed E-state index contributed by atoms with van der Waals surface area (Å²) in [5.41, 5.74) is 5.78. The number of benzene rings is 4. The first-order chi connectivity index (χ1) is 16.1. The highest BCUT2D eigenvalue weighted by Crippen LogP contribution is 2.34. The van der Waals surface area contributed by atoms with E-state index in [1.807, 2.05) is 72.8 Å². The lowest BCUT2D eigenvalue weighted by Crippen LogP contribution is -1.91. The van der Waals surface area contributed by atoms with E-state index in [1.54, 1.807) is 12.1 Å². The van der Waals surface area contributed by atoms with Crippen LogP contribution in [0, 0.1) is 0 Å². The fraction of sp³-hybridized carbons (Fsp3) is 0.0370. The molecule has 0 fully saturated rings. The zero-order chi connectivity index (χ0) is 22.4. The van der Waals surface area contributed by atoms with Crippen LogP contribution in [-0.4, -0.2) is 20.2 Å². The lowest BCUT2D eigenvalue weighted by atomic mass is 10.00. The fourth-order valence-corrected chi connectivity index (χ4v) is 3.94. The molecular formula is C27H18N2O4. The highest BCUT2D eigenvalue weighted by atomic mass is 16.4. The van der Waals surface area contributed by atoms with Crippen molar-refractivity contribution in [3.05, 3.63) is 96.1 Å². The number of para-hydroxylation sites is 4. The molecule has 4 aromatic carbocycles. The number of hydrogen-bond acceptors (Lipinski definition) is 6. The third kappa shape index (κ3) is 3.47. The number of fused-ring (bicyclic) bond motifs is 2. The summed E-state index contributed by atoms with van der Waals surface area (Å²) in [5.74, 6) is 0.938. The average Bonchev–Trinajstić information content (AvgIpc) is 3.45. The summed E-state index contributed by atoms with van der Waals surface area (Å²) >= 11 is 0. The van der Waals surface area contributed by atoms with Crippen molar-refractivity contribution in [2.45, 2.75) is 6.42 Å². The van der Waals surface area contributed by atoms with Crippen molar-refractivity contribution < 1.29 is 19.0 Å². The number of oxazole rings is 2. The average molecular weight is 434 g/mol. The Bertz CT molecular complexity index is 1440.